The van der Waals surface area contributed by atoms with Crippen molar-refractivity contribution in [2.45, 2.75) is 0 Å². The van der Waals surface area contributed by atoms with Gasteiger partial charge in [0, 0.05) is 16.8 Å². The van der Waals surface area contributed by atoms with Gasteiger partial charge in [-0.1, -0.05) is 17.7 Å². The first-order chi connectivity index (χ1) is 14.5. The Hall–Kier alpha value is -3.71. The van der Waals surface area contributed by atoms with Crippen LogP contribution in [-0.2, 0) is 4.79 Å². The molecule has 2 aromatic carbocycles. The monoisotopic (exact) mass is 423 g/mol. The fraction of sp³-hybridized carbons (Fsp3) is 0.0455. The number of hydrogen-bond acceptors (Lipinski definition) is 4. The van der Waals surface area contributed by atoms with Gasteiger partial charge in [0.1, 0.15) is 23.9 Å². The molecule has 30 heavy (non-hydrogen) atoms. The summed E-state index contributed by atoms with van der Waals surface area (Å²) in [7, 11) is 0. The van der Waals surface area contributed by atoms with Gasteiger partial charge < -0.3 is 15.4 Å². The standard InChI is InChI=1S/C22H15ClFN3O3/c23-15-4-7-20-13(10-15)9-14(12-30-20)21(28)27-19-11-16(24)5-6-17(19)26-22(29)18-3-1-2-8-25-18/h1-11H,12H2,(H,26,29)(H,27,28). The Labute approximate surface area is 176 Å². The number of fused-ring (bicyclic) bond motifs is 1. The van der Waals surface area contributed by atoms with Crippen molar-refractivity contribution in [2.75, 3.05) is 17.2 Å². The van der Waals surface area contributed by atoms with E-state index in [9.17, 15) is 14.0 Å². The van der Waals surface area contributed by atoms with Crippen LogP contribution >= 0.6 is 11.6 Å². The summed E-state index contributed by atoms with van der Waals surface area (Å²) in [4.78, 5) is 29.1. The summed E-state index contributed by atoms with van der Waals surface area (Å²) in [6.07, 6.45) is 3.15. The molecule has 1 aliphatic rings. The zero-order valence-electron chi connectivity index (χ0n) is 15.5. The van der Waals surface area contributed by atoms with Crippen LogP contribution in [0.25, 0.3) is 6.08 Å². The third-order valence-electron chi connectivity index (χ3n) is 4.35. The zero-order valence-corrected chi connectivity index (χ0v) is 16.2. The quantitative estimate of drug-likeness (QED) is 0.645. The maximum absolute atomic E-state index is 13.8. The van der Waals surface area contributed by atoms with E-state index in [0.717, 1.165) is 6.07 Å². The Kier molecular flexibility index (Phi) is 5.45. The van der Waals surface area contributed by atoms with Gasteiger partial charge in [-0.3, -0.25) is 14.6 Å². The number of pyridine rings is 1. The van der Waals surface area contributed by atoms with Gasteiger partial charge in [-0.25, -0.2) is 4.39 Å². The number of aromatic nitrogens is 1. The lowest BCUT2D eigenvalue weighted by atomic mass is 10.1. The minimum atomic E-state index is -0.563. The molecule has 0 atom stereocenters. The number of carbonyl (C=O) groups excluding carboxylic acids is 2. The molecule has 2 N–H and O–H groups in total. The summed E-state index contributed by atoms with van der Waals surface area (Å²) in [5.74, 6) is -0.918. The molecule has 2 amide bonds. The lowest BCUT2D eigenvalue weighted by Gasteiger charge is -2.19. The van der Waals surface area contributed by atoms with E-state index in [2.05, 4.69) is 15.6 Å². The second-order valence-electron chi connectivity index (χ2n) is 6.45. The molecule has 1 aliphatic heterocycles. The molecule has 0 aliphatic carbocycles. The molecule has 0 fully saturated rings. The fourth-order valence-electron chi connectivity index (χ4n) is 2.89. The van der Waals surface area contributed by atoms with E-state index in [0.29, 0.717) is 21.9 Å². The van der Waals surface area contributed by atoms with Crippen molar-refractivity contribution in [3.63, 3.8) is 0 Å². The molecule has 150 valence electrons. The van der Waals surface area contributed by atoms with Crippen LogP contribution < -0.4 is 15.4 Å². The molecule has 0 bridgehead atoms. The van der Waals surface area contributed by atoms with Crippen LogP contribution in [0, 0.1) is 5.82 Å². The largest absolute Gasteiger partial charge is 0.488 e. The van der Waals surface area contributed by atoms with E-state index in [1.807, 2.05) is 0 Å². The highest BCUT2D eigenvalue weighted by atomic mass is 35.5. The number of rotatable bonds is 4. The van der Waals surface area contributed by atoms with Crippen LogP contribution in [0.3, 0.4) is 0 Å². The number of halogens is 2. The Morgan fingerprint density at radius 2 is 1.83 bits per heavy atom. The molecular weight excluding hydrogens is 409 g/mol. The first-order valence-corrected chi connectivity index (χ1v) is 9.33. The number of anilines is 2. The van der Waals surface area contributed by atoms with Crippen LogP contribution in [0.2, 0.25) is 5.02 Å². The third-order valence-corrected chi connectivity index (χ3v) is 4.59. The van der Waals surface area contributed by atoms with Crippen molar-refractivity contribution in [1.29, 1.82) is 0 Å². The van der Waals surface area contributed by atoms with E-state index in [1.165, 1.54) is 18.3 Å². The molecule has 1 aromatic heterocycles. The highest BCUT2D eigenvalue weighted by Gasteiger charge is 2.19. The van der Waals surface area contributed by atoms with Crippen molar-refractivity contribution in [3.8, 4) is 5.75 Å². The van der Waals surface area contributed by atoms with Gasteiger partial charge in [-0.15, -0.1) is 0 Å². The molecule has 3 aromatic rings. The van der Waals surface area contributed by atoms with Gasteiger partial charge in [-0.05, 0) is 54.6 Å². The van der Waals surface area contributed by atoms with Crippen molar-refractivity contribution >= 4 is 40.9 Å². The molecule has 8 heteroatoms. The van der Waals surface area contributed by atoms with Crippen LogP contribution in [0.1, 0.15) is 16.1 Å². The van der Waals surface area contributed by atoms with Crippen molar-refractivity contribution in [3.05, 3.63) is 88.5 Å². The second-order valence-corrected chi connectivity index (χ2v) is 6.89. The van der Waals surface area contributed by atoms with Crippen molar-refractivity contribution in [1.82, 2.24) is 4.98 Å². The number of ether oxygens (including phenoxy) is 1. The SMILES string of the molecule is O=C(Nc1cc(F)ccc1NC(=O)c1ccccn1)C1=Cc2cc(Cl)ccc2OC1. The van der Waals surface area contributed by atoms with Gasteiger partial charge in [0.15, 0.2) is 0 Å². The first-order valence-electron chi connectivity index (χ1n) is 8.96. The first kappa shape index (κ1) is 19.6. The number of nitrogens with one attached hydrogen (secondary N) is 2. The summed E-state index contributed by atoms with van der Waals surface area (Å²) in [6, 6.07) is 13.7. The Morgan fingerprint density at radius 1 is 1.00 bits per heavy atom. The lowest BCUT2D eigenvalue weighted by Crippen LogP contribution is -2.22. The maximum Gasteiger partial charge on any atom is 0.274 e. The average molecular weight is 424 g/mol. The van der Waals surface area contributed by atoms with E-state index in [4.69, 9.17) is 16.3 Å². The summed E-state index contributed by atoms with van der Waals surface area (Å²) in [5, 5.41) is 5.78. The van der Waals surface area contributed by atoms with Crippen molar-refractivity contribution in [2.24, 2.45) is 0 Å². The molecule has 6 nitrogen and oxygen atoms in total. The summed E-state index contributed by atoms with van der Waals surface area (Å²) in [6.45, 7) is 0.0470. The van der Waals surface area contributed by atoms with Gasteiger partial charge >= 0.3 is 0 Å². The topological polar surface area (TPSA) is 80.3 Å². The molecule has 2 heterocycles. The molecule has 0 saturated carbocycles. The number of amides is 2. The average Bonchev–Trinajstić information content (AvgIpc) is 2.75. The van der Waals surface area contributed by atoms with Crippen LogP contribution in [-0.4, -0.2) is 23.4 Å². The number of carbonyl (C=O) groups is 2. The van der Waals surface area contributed by atoms with Gasteiger partial charge in [0.25, 0.3) is 11.8 Å². The van der Waals surface area contributed by atoms with Gasteiger partial charge in [0.05, 0.1) is 16.9 Å². The molecule has 4 rings (SSSR count). The fourth-order valence-corrected chi connectivity index (χ4v) is 3.07. The third kappa shape index (κ3) is 4.31. The van der Waals surface area contributed by atoms with E-state index >= 15 is 0 Å². The van der Waals surface area contributed by atoms with E-state index in [-0.39, 0.29) is 23.7 Å². The molecule has 0 spiro atoms. The van der Waals surface area contributed by atoms with E-state index in [1.54, 1.807) is 42.5 Å². The Balaban J connectivity index is 1.56. The molecule has 0 radical (unpaired) electrons. The smallest absolute Gasteiger partial charge is 0.274 e. The highest BCUT2D eigenvalue weighted by molar-refractivity contribution is 6.30. The summed E-state index contributed by atoms with van der Waals surface area (Å²) >= 11 is 6.00. The lowest BCUT2D eigenvalue weighted by molar-refractivity contribution is -0.113. The minimum absolute atomic E-state index is 0.0470. The van der Waals surface area contributed by atoms with Crippen molar-refractivity contribution < 1.29 is 18.7 Å². The predicted molar refractivity (Wildman–Crippen MR) is 112 cm³/mol. The molecular formula is C22H15ClFN3O3. The zero-order chi connectivity index (χ0) is 21.1. The molecule has 0 saturated heterocycles. The Bertz CT molecular complexity index is 1170. The van der Waals surface area contributed by atoms with Crippen LogP contribution in [0.15, 0.2) is 66.4 Å². The summed E-state index contributed by atoms with van der Waals surface area (Å²) < 4.78 is 19.4. The number of hydrogen-bond donors (Lipinski definition) is 2. The Morgan fingerprint density at radius 3 is 2.63 bits per heavy atom. The number of nitrogens with zero attached hydrogens (tertiary/aromatic N) is 1. The van der Waals surface area contributed by atoms with Gasteiger partial charge in [0.2, 0.25) is 0 Å². The van der Waals surface area contributed by atoms with E-state index < -0.39 is 17.6 Å². The highest BCUT2D eigenvalue weighted by Crippen LogP contribution is 2.30. The second kappa shape index (κ2) is 8.34. The molecule has 0 unspecified atom stereocenters. The number of benzene rings is 2. The summed E-state index contributed by atoms with van der Waals surface area (Å²) in [5.41, 5.74) is 1.54. The minimum Gasteiger partial charge on any atom is -0.488 e. The van der Waals surface area contributed by atoms with Gasteiger partial charge in [-0.2, -0.15) is 0 Å². The van der Waals surface area contributed by atoms with Crippen LogP contribution in [0.4, 0.5) is 15.8 Å². The maximum atomic E-state index is 13.8. The predicted octanol–water partition coefficient (Wildman–Crippen LogP) is 4.54. The normalized spacial score (nSPS) is 12.3. The van der Waals surface area contributed by atoms with Crippen LogP contribution in [0.5, 0.6) is 5.75 Å².